The Hall–Kier alpha value is -4.10. The molecular formula is C39H49BrN11O2P. The van der Waals surface area contributed by atoms with Crippen LogP contribution in [0.2, 0.25) is 0 Å². The number of benzene rings is 2. The van der Waals surface area contributed by atoms with Gasteiger partial charge in [0.1, 0.15) is 24.2 Å². The first-order valence-electron chi connectivity index (χ1n) is 18.9. The number of fused-ring (bicyclic) bond motifs is 1. The molecular weight excluding hydrogens is 765 g/mol. The van der Waals surface area contributed by atoms with Crippen LogP contribution in [0.5, 0.6) is 5.75 Å². The van der Waals surface area contributed by atoms with Crippen molar-refractivity contribution in [2.75, 3.05) is 75.2 Å². The van der Waals surface area contributed by atoms with Crippen molar-refractivity contribution in [3.63, 3.8) is 0 Å². The second-order valence-corrected chi connectivity index (χ2v) is 19.4. The van der Waals surface area contributed by atoms with Crippen LogP contribution in [0.15, 0.2) is 59.7 Å². The highest BCUT2D eigenvalue weighted by Crippen LogP contribution is 2.44. The lowest BCUT2D eigenvalue weighted by atomic mass is 9.72. The fourth-order valence-electron chi connectivity index (χ4n) is 8.61. The van der Waals surface area contributed by atoms with Gasteiger partial charge in [-0.2, -0.15) is 10.1 Å². The fourth-order valence-corrected chi connectivity index (χ4v) is 10.3. The summed E-state index contributed by atoms with van der Waals surface area (Å²) in [5.74, 6) is 1.57. The highest BCUT2D eigenvalue weighted by molar-refractivity contribution is 9.10. The van der Waals surface area contributed by atoms with E-state index in [2.05, 4.69) is 80.1 Å². The van der Waals surface area contributed by atoms with Gasteiger partial charge < -0.3 is 35.1 Å². The van der Waals surface area contributed by atoms with Gasteiger partial charge in [0.25, 0.3) is 0 Å². The van der Waals surface area contributed by atoms with Crippen LogP contribution in [0.1, 0.15) is 38.5 Å². The molecule has 3 N–H and O–H groups in total. The Morgan fingerprint density at radius 2 is 1.78 bits per heavy atom. The first-order valence-corrected chi connectivity index (χ1v) is 22.3. The average Bonchev–Trinajstić information content (AvgIpc) is 3.62. The zero-order valence-corrected chi connectivity index (χ0v) is 34.0. The Morgan fingerprint density at radius 1 is 0.981 bits per heavy atom. The maximum absolute atomic E-state index is 13.5. The molecule has 6 heterocycles. The molecule has 0 saturated carbocycles. The van der Waals surface area contributed by atoms with E-state index < -0.39 is 7.14 Å². The molecule has 54 heavy (non-hydrogen) atoms. The van der Waals surface area contributed by atoms with Gasteiger partial charge in [0.05, 0.1) is 40.0 Å². The van der Waals surface area contributed by atoms with Gasteiger partial charge >= 0.3 is 0 Å². The van der Waals surface area contributed by atoms with E-state index in [1.165, 1.54) is 51.9 Å². The van der Waals surface area contributed by atoms with E-state index in [4.69, 9.17) is 9.72 Å². The number of hydrogen-bond donors (Lipinski definition) is 3. The molecule has 3 saturated heterocycles. The summed E-state index contributed by atoms with van der Waals surface area (Å²) < 4.78 is 22.0. The number of anilines is 5. The SMILES string of the molecule is COc1cc(N2CCC(N3CCC4(CCCNC4)CC3)CC2)c(-c2cnn(C)c2)cc1Nc1ncc(Br)c(Nc2ccc3nccnc3c2P(C)(C)=O)n1. The predicted octanol–water partition coefficient (Wildman–Crippen LogP) is 6.76. The van der Waals surface area contributed by atoms with Crippen LogP contribution in [0.25, 0.3) is 22.2 Å². The van der Waals surface area contributed by atoms with Crippen LogP contribution in [0.3, 0.4) is 0 Å². The third-order valence-corrected chi connectivity index (χ3v) is 13.6. The van der Waals surface area contributed by atoms with Crippen LogP contribution in [-0.4, -0.2) is 100 Å². The highest BCUT2D eigenvalue weighted by Gasteiger charge is 2.38. The van der Waals surface area contributed by atoms with E-state index in [1.54, 1.807) is 39.0 Å². The average molecular weight is 815 g/mol. The molecule has 13 nitrogen and oxygen atoms in total. The molecule has 3 aliphatic heterocycles. The number of hydrogen-bond acceptors (Lipinski definition) is 12. The number of aryl methyl sites for hydroxylation is 1. The standard InChI is InChI=1S/C39H49BrN11O2P/c1-49-24-26(22-45-49)28-20-32(34(53-2)21-33(28)51-16-8-27(9-17-51)50-18-11-39(12-19-50)10-5-13-41-25-39)47-38-44-23-29(40)37(48-38)46-31-7-6-30-35(43-15-14-42-30)36(31)54(3,4)52/h6-7,14-15,20-24,27,41H,5,8-13,16-19,25H2,1-4H3,(H2,44,46,47,48). The van der Waals surface area contributed by atoms with Crippen LogP contribution >= 0.6 is 23.1 Å². The van der Waals surface area contributed by atoms with Crippen molar-refractivity contribution in [2.45, 2.75) is 44.6 Å². The first-order chi connectivity index (χ1) is 26.1. The molecule has 0 atom stereocenters. The number of piperidine rings is 3. The lowest BCUT2D eigenvalue weighted by molar-refractivity contribution is 0.0471. The van der Waals surface area contributed by atoms with Crippen molar-refractivity contribution in [1.82, 2.24) is 39.9 Å². The van der Waals surface area contributed by atoms with Crippen molar-refractivity contribution in [1.29, 1.82) is 0 Å². The minimum absolute atomic E-state index is 0.371. The van der Waals surface area contributed by atoms with Crippen LogP contribution in [-0.2, 0) is 11.6 Å². The van der Waals surface area contributed by atoms with Crippen molar-refractivity contribution in [3.8, 4) is 16.9 Å². The molecule has 284 valence electrons. The zero-order valence-electron chi connectivity index (χ0n) is 31.5. The first kappa shape index (κ1) is 36.9. The van der Waals surface area contributed by atoms with Crippen LogP contribution in [0.4, 0.5) is 28.8 Å². The molecule has 0 radical (unpaired) electrons. The normalized spacial score (nSPS) is 18.3. The van der Waals surface area contributed by atoms with Gasteiger partial charge in [-0.05, 0) is 111 Å². The predicted molar refractivity (Wildman–Crippen MR) is 221 cm³/mol. The second-order valence-electron chi connectivity index (χ2n) is 15.4. The van der Waals surface area contributed by atoms with Gasteiger partial charge in [0.2, 0.25) is 5.95 Å². The summed E-state index contributed by atoms with van der Waals surface area (Å²) >= 11 is 3.61. The quantitative estimate of drug-likeness (QED) is 0.136. The second kappa shape index (κ2) is 15.2. The number of rotatable bonds is 9. The molecule has 1 spiro atoms. The monoisotopic (exact) mass is 813 g/mol. The van der Waals surface area contributed by atoms with Crippen molar-refractivity contribution >= 4 is 68.2 Å². The molecule has 0 unspecified atom stereocenters. The van der Waals surface area contributed by atoms with Crippen LogP contribution in [0, 0.1) is 5.41 Å². The smallest absolute Gasteiger partial charge is 0.229 e. The maximum Gasteiger partial charge on any atom is 0.229 e. The number of methoxy groups -OCH3 is 1. The number of ether oxygens (including phenoxy) is 1. The number of nitrogens with one attached hydrogen (secondary N) is 3. The summed E-state index contributed by atoms with van der Waals surface area (Å²) in [6, 6.07) is 8.60. The van der Waals surface area contributed by atoms with Gasteiger partial charge in [-0.25, -0.2) is 4.98 Å². The summed E-state index contributed by atoms with van der Waals surface area (Å²) in [5, 5.41) is 15.6. The molecule has 3 fully saturated rings. The van der Waals surface area contributed by atoms with Gasteiger partial charge in [-0.3, -0.25) is 14.6 Å². The van der Waals surface area contributed by atoms with Gasteiger partial charge in [-0.15, -0.1) is 0 Å². The summed E-state index contributed by atoms with van der Waals surface area (Å²) in [5.41, 5.74) is 6.41. The van der Waals surface area contributed by atoms with Gasteiger partial charge in [-0.1, -0.05) is 0 Å². The summed E-state index contributed by atoms with van der Waals surface area (Å²) in [7, 11) is 0.865. The van der Waals surface area contributed by atoms with E-state index in [0.29, 0.717) is 55.5 Å². The van der Waals surface area contributed by atoms with Crippen molar-refractivity contribution < 1.29 is 9.30 Å². The molecule has 2 aromatic carbocycles. The lowest BCUT2D eigenvalue weighted by Gasteiger charge is -2.48. The van der Waals surface area contributed by atoms with E-state index in [0.717, 1.165) is 48.4 Å². The Labute approximate surface area is 325 Å². The van der Waals surface area contributed by atoms with E-state index in [1.807, 2.05) is 30.1 Å². The molecule has 15 heteroatoms. The molecule has 3 aliphatic rings. The minimum atomic E-state index is -2.77. The number of likely N-dealkylation sites (tertiary alicyclic amines) is 1. The molecule has 0 bridgehead atoms. The van der Waals surface area contributed by atoms with Gasteiger partial charge in [0.15, 0.2) is 0 Å². The topological polar surface area (TPSA) is 138 Å². The zero-order chi connectivity index (χ0) is 37.5. The number of halogens is 1. The van der Waals surface area contributed by atoms with Crippen molar-refractivity contribution in [3.05, 3.63) is 59.7 Å². The van der Waals surface area contributed by atoms with E-state index in [-0.39, 0.29) is 0 Å². The Bertz CT molecular complexity index is 2180. The molecule has 5 aromatic rings. The third kappa shape index (κ3) is 7.58. The number of aromatic nitrogens is 6. The summed E-state index contributed by atoms with van der Waals surface area (Å²) in [4.78, 5) is 23.7. The summed E-state index contributed by atoms with van der Waals surface area (Å²) in [6.07, 6.45) is 16.5. The maximum atomic E-state index is 13.5. The number of nitrogens with zero attached hydrogens (tertiary/aromatic N) is 8. The molecule has 8 rings (SSSR count). The molecule has 3 aromatic heterocycles. The Kier molecular flexibility index (Phi) is 10.4. The minimum Gasteiger partial charge on any atom is -0.494 e. The fraction of sp³-hybridized carbons (Fsp3) is 0.462. The lowest BCUT2D eigenvalue weighted by Crippen LogP contribution is -2.52. The van der Waals surface area contributed by atoms with E-state index >= 15 is 0 Å². The highest BCUT2D eigenvalue weighted by atomic mass is 79.9. The third-order valence-electron chi connectivity index (χ3n) is 11.5. The van der Waals surface area contributed by atoms with Crippen molar-refractivity contribution in [2.24, 2.45) is 12.5 Å². The largest absolute Gasteiger partial charge is 0.494 e. The summed E-state index contributed by atoms with van der Waals surface area (Å²) in [6.45, 7) is 10.2. The van der Waals surface area contributed by atoms with E-state index in [9.17, 15) is 4.57 Å². The Morgan fingerprint density at radius 3 is 2.48 bits per heavy atom. The van der Waals surface area contributed by atoms with Gasteiger partial charge in [0, 0.05) is 80.4 Å². The Balaban J connectivity index is 1.04. The van der Waals surface area contributed by atoms with Crippen LogP contribution < -0.4 is 30.9 Å². The molecule has 0 aliphatic carbocycles. The molecule has 0 amide bonds.